The van der Waals surface area contributed by atoms with Crippen molar-refractivity contribution in [1.29, 1.82) is 0 Å². The van der Waals surface area contributed by atoms with Gasteiger partial charge in [-0.15, -0.1) is 0 Å². The van der Waals surface area contributed by atoms with Crippen molar-refractivity contribution in [3.8, 4) is 0 Å². The second-order valence-corrected chi connectivity index (χ2v) is 6.70. The van der Waals surface area contributed by atoms with Crippen LogP contribution in [0.4, 0.5) is 0 Å². The Kier molecular flexibility index (Phi) is 4.78. The summed E-state index contributed by atoms with van der Waals surface area (Å²) in [6.07, 6.45) is 6.90. The van der Waals surface area contributed by atoms with Crippen molar-refractivity contribution in [3.63, 3.8) is 0 Å². The lowest BCUT2D eigenvalue weighted by atomic mass is 9.83. The zero-order valence-electron chi connectivity index (χ0n) is 13.9. The van der Waals surface area contributed by atoms with Crippen molar-refractivity contribution in [2.45, 2.75) is 19.3 Å². The number of rotatable bonds is 4. The van der Waals surface area contributed by atoms with Gasteiger partial charge in [-0.25, -0.2) is 0 Å². The number of hydrogen-bond donors (Lipinski definition) is 0. The molecule has 0 saturated carbocycles. The minimum Gasteiger partial charge on any atom is -0.376 e. The van der Waals surface area contributed by atoms with Crippen LogP contribution >= 0.6 is 0 Å². The first-order valence-corrected chi connectivity index (χ1v) is 8.23. The molecule has 1 fully saturated rings. The minimum absolute atomic E-state index is 0.0295. The Bertz CT molecular complexity index is 680. The third-order valence-electron chi connectivity index (χ3n) is 4.46. The molecule has 1 saturated heterocycles. The number of ether oxygens (including phenoxy) is 1. The first kappa shape index (κ1) is 15.8. The maximum Gasteiger partial charge on any atom is 0.0687 e. The Morgan fingerprint density at radius 1 is 0.957 bits per heavy atom. The van der Waals surface area contributed by atoms with E-state index in [1.165, 1.54) is 16.7 Å². The van der Waals surface area contributed by atoms with Gasteiger partial charge in [0.1, 0.15) is 0 Å². The van der Waals surface area contributed by atoms with E-state index in [4.69, 9.17) is 4.74 Å². The maximum atomic E-state index is 5.69. The zero-order valence-corrected chi connectivity index (χ0v) is 13.9. The fourth-order valence-electron chi connectivity index (χ4n) is 2.93. The average Bonchev–Trinajstić information content (AvgIpc) is 3.02. The summed E-state index contributed by atoms with van der Waals surface area (Å²) in [4.78, 5) is 0. The van der Waals surface area contributed by atoms with E-state index in [-0.39, 0.29) is 5.41 Å². The van der Waals surface area contributed by atoms with E-state index in [9.17, 15) is 0 Å². The van der Waals surface area contributed by atoms with Crippen LogP contribution in [0.25, 0.3) is 6.08 Å². The molecule has 1 heteroatoms. The van der Waals surface area contributed by atoms with E-state index in [1.54, 1.807) is 0 Å². The van der Waals surface area contributed by atoms with Gasteiger partial charge in [-0.05, 0) is 16.7 Å². The predicted octanol–water partition coefficient (Wildman–Crippen LogP) is 5.25. The molecule has 0 aromatic heterocycles. The highest BCUT2D eigenvalue weighted by atomic mass is 16.5. The van der Waals surface area contributed by atoms with Gasteiger partial charge in [-0.1, -0.05) is 92.7 Å². The van der Waals surface area contributed by atoms with Gasteiger partial charge in [0.15, 0.2) is 0 Å². The molecule has 0 amide bonds. The van der Waals surface area contributed by atoms with E-state index in [1.807, 2.05) is 6.07 Å². The summed E-state index contributed by atoms with van der Waals surface area (Å²) in [5.41, 5.74) is 3.97. The van der Waals surface area contributed by atoms with E-state index in [2.05, 4.69) is 86.7 Å². The number of allylic oxidation sites excluding steroid dienone is 1. The molecule has 1 atom stereocenters. The molecular weight excluding hydrogens is 280 g/mol. The molecule has 0 radical (unpaired) electrons. The Labute approximate surface area is 139 Å². The molecule has 1 aliphatic heterocycles. The Balaban J connectivity index is 1.77. The molecule has 0 spiro atoms. The average molecular weight is 304 g/mol. The van der Waals surface area contributed by atoms with Gasteiger partial charge in [0.05, 0.1) is 13.2 Å². The van der Waals surface area contributed by atoms with E-state index < -0.39 is 0 Å². The smallest absolute Gasteiger partial charge is 0.0687 e. The first-order chi connectivity index (χ1) is 11.1. The Morgan fingerprint density at radius 2 is 1.61 bits per heavy atom. The molecular formula is C22H24O. The van der Waals surface area contributed by atoms with Gasteiger partial charge in [0.2, 0.25) is 0 Å². The summed E-state index contributed by atoms with van der Waals surface area (Å²) in [5.74, 6) is 0.373. The summed E-state index contributed by atoms with van der Waals surface area (Å²) >= 11 is 0. The van der Waals surface area contributed by atoms with Gasteiger partial charge in [-0.3, -0.25) is 0 Å². The van der Waals surface area contributed by atoms with Crippen LogP contribution < -0.4 is 0 Å². The minimum atomic E-state index is 0.0295. The second-order valence-electron chi connectivity index (χ2n) is 6.70. The van der Waals surface area contributed by atoms with Gasteiger partial charge >= 0.3 is 0 Å². The normalized spacial score (nSPS) is 20.4. The van der Waals surface area contributed by atoms with Crippen LogP contribution in [-0.4, -0.2) is 13.2 Å². The molecule has 1 aliphatic rings. The van der Waals surface area contributed by atoms with Crippen LogP contribution in [0.1, 0.15) is 25.0 Å². The molecule has 2 aromatic rings. The molecule has 3 rings (SSSR count). The monoisotopic (exact) mass is 304 g/mol. The van der Waals surface area contributed by atoms with Crippen LogP contribution in [-0.2, 0) is 10.2 Å². The van der Waals surface area contributed by atoms with Crippen LogP contribution in [0.3, 0.4) is 0 Å². The number of hydrogen-bond acceptors (Lipinski definition) is 1. The maximum absolute atomic E-state index is 5.69. The molecule has 0 aliphatic carbocycles. The highest BCUT2D eigenvalue weighted by Gasteiger charge is 2.22. The van der Waals surface area contributed by atoms with E-state index in [0.29, 0.717) is 5.92 Å². The molecule has 1 unspecified atom stereocenters. The fraction of sp³-hybridized carbons (Fsp3) is 0.273. The standard InChI is InChI=1S/C22H24O/c1-22(2,21-11-7-4-8-12-21)14-13-19-16-23-17-20(19)15-18-9-5-3-6-10-18/h3-15,19H,16-17H2,1-2H3/b14-13+,20-15+. The van der Waals surface area contributed by atoms with Gasteiger partial charge < -0.3 is 4.74 Å². The van der Waals surface area contributed by atoms with Crippen molar-refractivity contribution < 1.29 is 4.74 Å². The lowest BCUT2D eigenvalue weighted by Crippen LogP contribution is -2.14. The van der Waals surface area contributed by atoms with Crippen molar-refractivity contribution >= 4 is 6.08 Å². The third-order valence-corrected chi connectivity index (χ3v) is 4.46. The van der Waals surface area contributed by atoms with Gasteiger partial charge in [0, 0.05) is 11.3 Å². The zero-order chi connectivity index (χ0) is 16.1. The van der Waals surface area contributed by atoms with Crippen LogP contribution in [0, 0.1) is 5.92 Å². The van der Waals surface area contributed by atoms with E-state index >= 15 is 0 Å². The third kappa shape index (κ3) is 4.00. The summed E-state index contributed by atoms with van der Waals surface area (Å²) in [5, 5.41) is 0. The topological polar surface area (TPSA) is 9.23 Å². The number of benzene rings is 2. The first-order valence-electron chi connectivity index (χ1n) is 8.23. The molecule has 2 aromatic carbocycles. The summed E-state index contributed by atoms with van der Waals surface area (Å²) in [7, 11) is 0. The molecule has 23 heavy (non-hydrogen) atoms. The summed E-state index contributed by atoms with van der Waals surface area (Å²) in [6.45, 7) is 6.03. The summed E-state index contributed by atoms with van der Waals surface area (Å²) in [6, 6.07) is 21.1. The highest BCUT2D eigenvalue weighted by Crippen LogP contribution is 2.28. The molecule has 1 heterocycles. The van der Waals surface area contributed by atoms with Gasteiger partial charge in [-0.2, -0.15) is 0 Å². The largest absolute Gasteiger partial charge is 0.376 e. The van der Waals surface area contributed by atoms with Crippen molar-refractivity contribution in [3.05, 3.63) is 89.5 Å². The van der Waals surface area contributed by atoms with Crippen LogP contribution in [0.15, 0.2) is 78.4 Å². The van der Waals surface area contributed by atoms with Gasteiger partial charge in [0.25, 0.3) is 0 Å². The molecule has 0 bridgehead atoms. The second kappa shape index (κ2) is 6.97. The van der Waals surface area contributed by atoms with Crippen LogP contribution in [0.5, 0.6) is 0 Å². The van der Waals surface area contributed by atoms with E-state index in [0.717, 1.165) is 13.2 Å². The van der Waals surface area contributed by atoms with Crippen LogP contribution in [0.2, 0.25) is 0 Å². The van der Waals surface area contributed by atoms with Crippen molar-refractivity contribution in [1.82, 2.24) is 0 Å². The predicted molar refractivity (Wildman–Crippen MR) is 97.3 cm³/mol. The molecule has 1 nitrogen and oxygen atoms in total. The Hall–Kier alpha value is -2.12. The van der Waals surface area contributed by atoms with Crippen molar-refractivity contribution in [2.75, 3.05) is 13.2 Å². The quantitative estimate of drug-likeness (QED) is 0.701. The lowest BCUT2D eigenvalue weighted by Gasteiger charge is -2.21. The lowest BCUT2D eigenvalue weighted by molar-refractivity contribution is 0.195. The SMILES string of the molecule is CC(C)(/C=C/C1COC/C1=C\c1ccccc1)c1ccccc1. The summed E-state index contributed by atoms with van der Waals surface area (Å²) < 4.78 is 5.69. The molecule has 0 N–H and O–H groups in total. The van der Waals surface area contributed by atoms with Crippen molar-refractivity contribution in [2.24, 2.45) is 5.92 Å². The fourth-order valence-corrected chi connectivity index (χ4v) is 2.93. The Morgan fingerprint density at radius 3 is 2.30 bits per heavy atom. The highest BCUT2D eigenvalue weighted by molar-refractivity contribution is 5.54. The molecule has 118 valence electrons.